The summed E-state index contributed by atoms with van der Waals surface area (Å²) in [5.74, 6) is 1.31. The third kappa shape index (κ3) is 4.19. The Hall–Kier alpha value is -3.01. The molecular formula is C22H16ClN3O4S2. The van der Waals surface area contributed by atoms with Gasteiger partial charge in [-0.3, -0.25) is 14.2 Å². The zero-order valence-corrected chi connectivity index (χ0v) is 18.9. The minimum Gasteiger partial charge on any atom is -0.454 e. The van der Waals surface area contributed by atoms with Gasteiger partial charge in [-0.2, -0.15) is 0 Å². The minimum atomic E-state index is -0.171. The molecule has 3 heterocycles. The van der Waals surface area contributed by atoms with Gasteiger partial charge in [0.2, 0.25) is 12.7 Å². The normalized spacial score (nSPS) is 12.3. The number of hydrogen-bond acceptors (Lipinski definition) is 7. The quantitative estimate of drug-likeness (QED) is 0.325. The average Bonchev–Trinajstić information content (AvgIpc) is 3.46. The Morgan fingerprint density at radius 3 is 2.81 bits per heavy atom. The third-order valence-corrected chi connectivity index (χ3v) is 6.88. The number of halogens is 1. The van der Waals surface area contributed by atoms with Gasteiger partial charge in [-0.15, -0.1) is 11.3 Å². The van der Waals surface area contributed by atoms with Crippen LogP contribution in [0.3, 0.4) is 0 Å². The molecule has 1 aliphatic heterocycles. The van der Waals surface area contributed by atoms with Gasteiger partial charge in [-0.1, -0.05) is 29.4 Å². The molecule has 0 unspecified atom stereocenters. The average molecular weight is 486 g/mol. The minimum absolute atomic E-state index is 0.111. The van der Waals surface area contributed by atoms with Crippen LogP contribution in [0, 0.1) is 0 Å². The van der Waals surface area contributed by atoms with Crippen LogP contribution in [0.25, 0.3) is 15.9 Å². The van der Waals surface area contributed by atoms with E-state index < -0.39 is 0 Å². The van der Waals surface area contributed by atoms with E-state index in [4.69, 9.17) is 21.1 Å². The van der Waals surface area contributed by atoms with Gasteiger partial charge in [0.05, 0.1) is 17.0 Å². The maximum absolute atomic E-state index is 13.1. The van der Waals surface area contributed by atoms with E-state index in [1.807, 2.05) is 23.6 Å². The molecule has 1 amide bonds. The second-order valence-electron chi connectivity index (χ2n) is 6.90. The van der Waals surface area contributed by atoms with Crippen LogP contribution >= 0.6 is 34.7 Å². The molecule has 0 aliphatic carbocycles. The van der Waals surface area contributed by atoms with Gasteiger partial charge < -0.3 is 14.8 Å². The van der Waals surface area contributed by atoms with Crippen LogP contribution in [0.5, 0.6) is 11.5 Å². The van der Waals surface area contributed by atoms with Gasteiger partial charge in [-0.25, -0.2) is 4.98 Å². The second kappa shape index (κ2) is 8.85. The Bertz CT molecular complexity index is 1370. The van der Waals surface area contributed by atoms with Gasteiger partial charge in [0, 0.05) is 11.6 Å². The van der Waals surface area contributed by atoms with Crippen molar-refractivity contribution in [3.8, 4) is 17.2 Å². The van der Waals surface area contributed by atoms with Crippen LogP contribution in [0.1, 0.15) is 5.56 Å². The van der Waals surface area contributed by atoms with Gasteiger partial charge >= 0.3 is 0 Å². The predicted molar refractivity (Wildman–Crippen MR) is 125 cm³/mol. The number of rotatable bonds is 6. The highest BCUT2D eigenvalue weighted by Crippen LogP contribution is 2.32. The van der Waals surface area contributed by atoms with Crippen molar-refractivity contribution < 1.29 is 14.3 Å². The van der Waals surface area contributed by atoms with Crippen molar-refractivity contribution in [1.82, 2.24) is 14.9 Å². The highest BCUT2D eigenvalue weighted by molar-refractivity contribution is 7.99. The molecule has 1 aliphatic rings. The van der Waals surface area contributed by atoms with Crippen molar-refractivity contribution in [1.29, 1.82) is 0 Å². The molecule has 7 nitrogen and oxygen atoms in total. The number of nitrogens with zero attached hydrogens (tertiary/aromatic N) is 2. The third-order valence-electron chi connectivity index (χ3n) is 4.79. The first-order valence-electron chi connectivity index (χ1n) is 9.63. The molecule has 0 bridgehead atoms. The second-order valence-corrected chi connectivity index (χ2v) is 9.19. The molecular weight excluding hydrogens is 470 g/mol. The molecule has 5 rings (SSSR count). The summed E-state index contributed by atoms with van der Waals surface area (Å²) in [4.78, 5) is 30.2. The number of fused-ring (bicyclic) bond motifs is 2. The molecule has 2 aromatic heterocycles. The summed E-state index contributed by atoms with van der Waals surface area (Å²) in [6.45, 7) is 0.565. The molecule has 0 spiro atoms. The van der Waals surface area contributed by atoms with Crippen LogP contribution in [-0.2, 0) is 11.3 Å². The van der Waals surface area contributed by atoms with Crippen LogP contribution in [-0.4, -0.2) is 28.0 Å². The largest absolute Gasteiger partial charge is 0.454 e. The highest BCUT2D eigenvalue weighted by atomic mass is 35.5. The SMILES string of the molecule is O=C(CSc1nc2ccsc2c(=O)n1-c1ccc(Cl)cc1)NCc1ccc2c(c1)OCO2. The van der Waals surface area contributed by atoms with Crippen LogP contribution in [0.4, 0.5) is 0 Å². The Kier molecular flexibility index (Phi) is 5.77. The number of thiophene rings is 1. The Morgan fingerprint density at radius 1 is 1.16 bits per heavy atom. The maximum atomic E-state index is 13.1. The van der Waals surface area contributed by atoms with E-state index >= 15 is 0 Å². The van der Waals surface area contributed by atoms with E-state index in [0.717, 1.165) is 5.56 Å². The van der Waals surface area contributed by atoms with Crippen molar-refractivity contribution in [2.75, 3.05) is 12.5 Å². The lowest BCUT2D eigenvalue weighted by Crippen LogP contribution is -2.26. The summed E-state index contributed by atoms with van der Waals surface area (Å²) in [7, 11) is 0. The van der Waals surface area contributed by atoms with Gasteiger partial charge in [0.25, 0.3) is 5.56 Å². The summed E-state index contributed by atoms with van der Waals surface area (Å²) in [6, 6.07) is 14.3. The lowest BCUT2D eigenvalue weighted by molar-refractivity contribution is -0.118. The predicted octanol–water partition coefficient (Wildman–Crippen LogP) is 4.24. The summed E-state index contributed by atoms with van der Waals surface area (Å²) in [5, 5.41) is 5.74. The Morgan fingerprint density at radius 2 is 1.97 bits per heavy atom. The van der Waals surface area contributed by atoms with Crippen molar-refractivity contribution in [3.05, 3.63) is 74.9 Å². The molecule has 162 valence electrons. The molecule has 2 aromatic carbocycles. The standard InChI is InChI=1S/C22H16ClN3O4S2/c23-14-2-4-15(5-3-14)26-21(28)20-16(7-8-31-20)25-22(26)32-11-19(27)24-10-13-1-6-17-18(9-13)30-12-29-17/h1-9H,10-12H2,(H,24,27). The first-order chi connectivity index (χ1) is 15.6. The van der Waals surface area contributed by atoms with Gasteiger partial charge in [0.1, 0.15) is 4.70 Å². The number of nitrogens with one attached hydrogen (secondary N) is 1. The number of benzene rings is 2. The van der Waals surface area contributed by atoms with Crippen LogP contribution in [0.2, 0.25) is 5.02 Å². The molecule has 1 N–H and O–H groups in total. The molecule has 10 heteroatoms. The monoisotopic (exact) mass is 485 g/mol. The zero-order chi connectivity index (χ0) is 22.1. The van der Waals surface area contributed by atoms with Crippen LogP contribution in [0.15, 0.2) is 63.9 Å². The lowest BCUT2D eigenvalue weighted by atomic mass is 10.2. The van der Waals surface area contributed by atoms with E-state index in [-0.39, 0.29) is 24.0 Å². The first kappa shape index (κ1) is 20.9. The number of thioether (sulfide) groups is 1. The van der Waals surface area contributed by atoms with Crippen molar-refractivity contribution in [2.45, 2.75) is 11.7 Å². The number of carbonyl (C=O) groups excluding carboxylic acids is 1. The molecule has 0 saturated heterocycles. The fourth-order valence-electron chi connectivity index (χ4n) is 3.24. The number of hydrogen-bond donors (Lipinski definition) is 1. The first-order valence-corrected chi connectivity index (χ1v) is 11.9. The van der Waals surface area contributed by atoms with E-state index in [1.165, 1.54) is 27.7 Å². The lowest BCUT2D eigenvalue weighted by Gasteiger charge is -2.12. The van der Waals surface area contributed by atoms with Crippen molar-refractivity contribution >= 4 is 50.8 Å². The van der Waals surface area contributed by atoms with E-state index in [1.54, 1.807) is 30.3 Å². The smallest absolute Gasteiger partial charge is 0.276 e. The maximum Gasteiger partial charge on any atom is 0.276 e. The Balaban J connectivity index is 1.33. The van der Waals surface area contributed by atoms with E-state index in [9.17, 15) is 9.59 Å². The molecule has 4 aromatic rings. The van der Waals surface area contributed by atoms with E-state index in [0.29, 0.717) is 44.1 Å². The number of carbonyl (C=O) groups is 1. The number of aromatic nitrogens is 2. The molecule has 0 fully saturated rings. The molecule has 32 heavy (non-hydrogen) atoms. The number of ether oxygens (including phenoxy) is 2. The molecule has 0 saturated carbocycles. The van der Waals surface area contributed by atoms with Crippen molar-refractivity contribution in [3.63, 3.8) is 0 Å². The van der Waals surface area contributed by atoms with Crippen molar-refractivity contribution in [2.24, 2.45) is 0 Å². The topological polar surface area (TPSA) is 82.5 Å². The molecule has 0 radical (unpaired) electrons. The van der Waals surface area contributed by atoms with Crippen LogP contribution < -0.4 is 20.3 Å². The molecule has 0 atom stereocenters. The fourth-order valence-corrected chi connectivity index (χ4v) is 4.97. The van der Waals surface area contributed by atoms with Gasteiger partial charge in [-0.05, 0) is 53.4 Å². The summed E-state index contributed by atoms with van der Waals surface area (Å²) >= 11 is 8.55. The Labute approximate surface area is 195 Å². The fraction of sp³-hybridized carbons (Fsp3) is 0.136. The summed E-state index contributed by atoms with van der Waals surface area (Å²) in [6.07, 6.45) is 0. The zero-order valence-electron chi connectivity index (χ0n) is 16.5. The number of amides is 1. The summed E-state index contributed by atoms with van der Waals surface area (Å²) < 4.78 is 12.8. The summed E-state index contributed by atoms with van der Waals surface area (Å²) in [5.41, 5.74) is 2.00. The highest BCUT2D eigenvalue weighted by Gasteiger charge is 2.16. The van der Waals surface area contributed by atoms with Gasteiger partial charge in [0.15, 0.2) is 16.7 Å². The van der Waals surface area contributed by atoms with E-state index in [2.05, 4.69) is 10.3 Å².